The Labute approximate surface area is 117 Å². The standard InChI is InChI=1S/C12H18BrNO3S/c1-3-17-8-9-18(15,16)14(2)10-11-6-4-5-7-12(11)13/h4-7H,3,8-10H2,1-2H3. The van der Waals surface area contributed by atoms with Gasteiger partial charge in [-0.15, -0.1) is 0 Å². The van der Waals surface area contributed by atoms with Crippen molar-refractivity contribution in [1.82, 2.24) is 4.31 Å². The van der Waals surface area contributed by atoms with Crippen molar-refractivity contribution in [2.45, 2.75) is 13.5 Å². The first kappa shape index (κ1) is 15.6. The Kier molecular flexibility index (Phi) is 6.28. The van der Waals surface area contributed by atoms with Crippen LogP contribution in [0.1, 0.15) is 12.5 Å². The Hall–Kier alpha value is -0.430. The van der Waals surface area contributed by atoms with Gasteiger partial charge in [-0.25, -0.2) is 12.7 Å². The Balaban J connectivity index is 2.64. The SMILES string of the molecule is CCOCCS(=O)(=O)N(C)Cc1ccccc1Br. The fraction of sp³-hybridized carbons (Fsp3) is 0.500. The first-order chi connectivity index (χ1) is 8.47. The van der Waals surface area contributed by atoms with Crippen LogP contribution in [0.5, 0.6) is 0 Å². The van der Waals surface area contributed by atoms with E-state index in [-0.39, 0.29) is 12.4 Å². The van der Waals surface area contributed by atoms with Crippen molar-refractivity contribution in [2.24, 2.45) is 0 Å². The highest BCUT2D eigenvalue weighted by Crippen LogP contribution is 2.18. The normalized spacial score (nSPS) is 12.0. The van der Waals surface area contributed by atoms with E-state index >= 15 is 0 Å². The molecule has 0 aliphatic carbocycles. The summed E-state index contributed by atoms with van der Waals surface area (Å²) >= 11 is 3.41. The lowest BCUT2D eigenvalue weighted by Crippen LogP contribution is -2.30. The second-order valence-electron chi connectivity index (χ2n) is 3.86. The maximum Gasteiger partial charge on any atom is 0.216 e. The summed E-state index contributed by atoms with van der Waals surface area (Å²) in [6.07, 6.45) is 0. The molecular weight excluding hydrogens is 318 g/mol. The Morgan fingerprint density at radius 2 is 2.00 bits per heavy atom. The summed E-state index contributed by atoms with van der Waals surface area (Å²) in [5.41, 5.74) is 0.944. The van der Waals surface area contributed by atoms with E-state index in [1.54, 1.807) is 7.05 Å². The summed E-state index contributed by atoms with van der Waals surface area (Å²) in [5, 5.41) is 0. The van der Waals surface area contributed by atoms with Crippen LogP contribution >= 0.6 is 15.9 Å². The number of benzene rings is 1. The van der Waals surface area contributed by atoms with Crippen LogP contribution in [0.2, 0.25) is 0 Å². The highest BCUT2D eigenvalue weighted by atomic mass is 79.9. The third-order valence-corrected chi connectivity index (χ3v) is 5.05. The highest BCUT2D eigenvalue weighted by Gasteiger charge is 2.18. The molecule has 1 aromatic rings. The number of sulfonamides is 1. The topological polar surface area (TPSA) is 46.6 Å². The van der Waals surface area contributed by atoms with E-state index in [1.807, 2.05) is 31.2 Å². The summed E-state index contributed by atoms with van der Waals surface area (Å²) in [5.74, 6) is 0.0157. The number of ether oxygens (including phenoxy) is 1. The van der Waals surface area contributed by atoms with Crippen molar-refractivity contribution >= 4 is 26.0 Å². The summed E-state index contributed by atoms with van der Waals surface area (Å²) in [7, 11) is -1.68. The molecule has 1 aromatic carbocycles. The van der Waals surface area contributed by atoms with Gasteiger partial charge in [0, 0.05) is 24.7 Å². The molecule has 0 heterocycles. The average molecular weight is 336 g/mol. The van der Waals surface area contributed by atoms with Crippen LogP contribution in [0.3, 0.4) is 0 Å². The van der Waals surface area contributed by atoms with Crippen molar-refractivity contribution < 1.29 is 13.2 Å². The lowest BCUT2D eigenvalue weighted by Gasteiger charge is -2.17. The highest BCUT2D eigenvalue weighted by molar-refractivity contribution is 9.10. The third kappa shape index (κ3) is 4.68. The molecule has 0 aliphatic rings. The molecule has 102 valence electrons. The minimum Gasteiger partial charge on any atom is -0.381 e. The molecule has 0 aliphatic heterocycles. The molecule has 0 unspecified atom stereocenters. The van der Waals surface area contributed by atoms with Gasteiger partial charge < -0.3 is 4.74 Å². The van der Waals surface area contributed by atoms with Crippen LogP contribution in [-0.4, -0.2) is 38.7 Å². The molecule has 0 bridgehead atoms. The van der Waals surface area contributed by atoms with Gasteiger partial charge in [-0.3, -0.25) is 0 Å². The zero-order valence-electron chi connectivity index (χ0n) is 10.6. The van der Waals surface area contributed by atoms with Crippen LogP contribution in [0.25, 0.3) is 0 Å². The maximum atomic E-state index is 12.0. The van der Waals surface area contributed by atoms with Crippen molar-refractivity contribution in [3.05, 3.63) is 34.3 Å². The lowest BCUT2D eigenvalue weighted by atomic mass is 10.2. The van der Waals surface area contributed by atoms with E-state index in [4.69, 9.17) is 4.74 Å². The fourth-order valence-electron chi connectivity index (χ4n) is 1.43. The predicted molar refractivity (Wildman–Crippen MR) is 75.9 cm³/mol. The van der Waals surface area contributed by atoms with Gasteiger partial charge in [-0.1, -0.05) is 34.1 Å². The largest absolute Gasteiger partial charge is 0.381 e. The third-order valence-electron chi connectivity index (χ3n) is 2.52. The molecule has 4 nitrogen and oxygen atoms in total. The smallest absolute Gasteiger partial charge is 0.216 e. The lowest BCUT2D eigenvalue weighted by molar-refractivity contribution is 0.162. The van der Waals surface area contributed by atoms with Gasteiger partial charge in [0.05, 0.1) is 12.4 Å². The number of nitrogens with zero attached hydrogens (tertiary/aromatic N) is 1. The van der Waals surface area contributed by atoms with Crippen molar-refractivity contribution in [3.8, 4) is 0 Å². The minimum atomic E-state index is -3.26. The molecule has 0 fully saturated rings. The van der Waals surface area contributed by atoms with Gasteiger partial charge in [0.2, 0.25) is 10.0 Å². The number of rotatable bonds is 7. The monoisotopic (exact) mass is 335 g/mol. The van der Waals surface area contributed by atoms with Crippen molar-refractivity contribution in [2.75, 3.05) is 26.0 Å². The molecule has 0 N–H and O–H groups in total. The molecule has 6 heteroatoms. The number of hydrogen-bond acceptors (Lipinski definition) is 3. The van der Waals surface area contributed by atoms with Crippen LogP contribution < -0.4 is 0 Å². The second kappa shape index (κ2) is 7.23. The van der Waals surface area contributed by atoms with Gasteiger partial charge in [-0.2, -0.15) is 0 Å². The first-order valence-electron chi connectivity index (χ1n) is 5.72. The van der Waals surface area contributed by atoms with Crippen LogP contribution in [0.4, 0.5) is 0 Å². The molecule has 0 radical (unpaired) electrons. The van der Waals surface area contributed by atoms with E-state index in [2.05, 4.69) is 15.9 Å². The van der Waals surface area contributed by atoms with Crippen molar-refractivity contribution in [1.29, 1.82) is 0 Å². The van der Waals surface area contributed by atoms with Gasteiger partial charge in [0.15, 0.2) is 0 Å². The molecule has 1 rings (SSSR count). The molecule has 0 aromatic heterocycles. The Morgan fingerprint density at radius 1 is 1.33 bits per heavy atom. The van der Waals surface area contributed by atoms with Crippen LogP contribution in [-0.2, 0) is 21.3 Å². The van der Waals surface area contributed by atoms with Crippen molar-refractivity contribution in [3.63, 3.8) is 0 Å². The quantitative estimate of drug-likeness (QED) is 0.718. The summed E-state index contributed by atoms with van der Waals surface area (Å²) in [6.45, 7) is 2.97. The molecule has 0 saturated carbocycles. The van der Waals surface area contributed by atoms with E-state index in [1.165, 1.54) is 4.31 Å². The van der Waals surface area contributed by atoms with Gasteiger partial charge >= 0.3 is 0 Å². The molecule has 18 heavy (non-hydrogen) atoms. The molecule has 0 amide bonds. The van der Waals surface area contributed by atoms with Gasteiger partial charge in [0.1, 0.15) is 0 Å². The minimum absolute atomic E-state index is 0.0157. The average Bonchev–Trinajstić information content (AvgIpc) is 2.32. The van der Waals surface area contributed by atoms with E-state index in [9.17, 15) is 8.42 Å². The van der Waals surface area contributed by atoms with Gasteiger partial charge in [-0.05, 0) is 18.6 Å². The summed E-state index contributed by atoms with van der Waals surface area (Å²) < 4.78 is 31.2. The zero-order chi connectivity index (χ0) is 13.6. The molecule has 0 saturated heterocycles. The molecule has 0 atom stereocenters. The molecular formula is C12H18BrNO3S. The zero-order valence-corrected chi connectivity index (χ0v) is 13.0. The second-order valence-corrected chi connectivity index (χ2v) is 6.91. The summed E-state index contributed by atoms with van der Waals surface area (Å²) in [6, 6.07) is 7.59. The fourth-order valence-corrected chi connectivity index (χ4v) is 2.82. The Morgan fingerprint density at radius 3 is 2.61 bits per heavy atom. The van der Waals surface area contributed by atoms with E-state index < -0.39 is 10.0 Å². The van der Waals surface area contributed by atoms with E-state index in [0.29, 0.717) is 13.2 Å². The molecule has 0 spiro atoms. The number of halogens is 1. The van der Waals surface area contributed by atoms with Crippen LogP contribution in [0, 0.1) is 0 Å². The maximum absolute atomic E-state index is 12.0. The predicted octanol–water partition coefficient (Wildman–Crippen LogP) is 2.25. The van der Waals surface area contributed by atoms with E-state index in [0.717, 1.165) is 10.0 Å². The Bertz CT molecular complexity index is 476. The summed E-state index contributed by atoms with van der Waals surface area (Å²) in [4.78, 5) is 0. The van der Waals surface area contributed by atoms with Gasteiger partial charge in [0.25, 0.3) is 0 Å². The first-order valence-corrected chi connectivity index (χ1v) is 8.12. The van der Waals surface area contributed by atoms with Crippen LogP contribution in [0.15, 0.2) is 28.7 Å². The number of hydrogen-bond donors (Lipinski definition) is 0.